The molecule has 0 aromatic heterocycles. The highest BCUT2D eigenvalue weighted by molar-refractivity contribution is 4.62. The van der Waals surface area contributed by atoms with E-state index in [9.17, 15) is 0 Å². The van der Waals surface area contributed by atoms with E-state index in [1.54, 1.807) is 14.2 Å². The summed E-state index contributed by atoms with van der Waals surface area (Å²) in [5, 5.41) is 0. The zero-order chi connectivity index (χ0) is 9.94. The van der Waals surface area contributed by atoms with Crippen LogP contribution < -0.4 is 5.73 Å². The van der Waals surface area contributed by atoms with Crippen LogP contribution in [0.4, 0.5) is 0 Å². The lowest BCUT2D eigenvalue weighted by atomic mass is 10.3. The molecule has 0 aromatic rings. The number of rotatable bonds is 9. The monoisotopic (exact) mass is 190 g/mol. The fraction of sp³-hybridized carbons (Fsp3) is 0.889. The lowest BCUT2D eigenvalue weighted by molar-refractivity contribution is -0.00812. The van der Waals surface area contributed by atoms with Gasteiger partial charge in [0.2, 0.25) is 6.29 Å². The molecule has 79 valence electrons. The number of methoxy groups -OCH3 is 2. The average molecular weight is 190 g/mol. The molecule has 0 atom stereocenters. The van der Waals surface area contributed by atoms with Gasteiger partial charge in [0.05, 0.1) is 0 Å². The summed E-state index contributed by atoms with van der Waals surface area (Å²) < 4.78 is 15.2. The van der Waals surface area contributed by atoms with Gasteiger partial charge in [0.25, 0.3) is 0 Å². The summed E-state index contributed by atoms with van der Waals surface area (Å²) >= 11 is 0. The molecule has 0 amide bonds. The lowest BCUT2D eigenvalue weighted by Gasteiger charge is -2.10. The molecule has 4 nitrogen and oxygen atoms in total. The van der Waals surface area contributed by atoms with E-state index in [1.807, 2.05) is 0 Å². The Hall–Kier alpha value is -0.160. The third kappa shape index (κ3) is 8.18. The molecule has 0 saturated carbocycles. The van der Waals surface area contributed by atoms with Gasteiger partial charge in [0.1, 0.15) is 0 Å². The van der Waals surface area contributed by atoms with Crippen molar-refractivity contribution in [1.82, 2.24) is 0 Å². The summed E-state index contributed by atoms with van der Waals surface area (Å²) in [7, 11) is 3.21. The largest absolute Gasteiger partial charge is 0.381 e. The Morgan fingerprint density at radius 1 is 1.08 bits per heavy atom. The second-order valence-corrected chi connectivity index (χ2v) is 2.64. The summed E-state index contributed by atoms with van der Waals surface area (Å²) in [6.07, 6.45) is 3.28. The molecular weight excluding hydrogens is 170 g/mol. The highest BCUT2D eigenvalue weighted by Gasteiger charge is 2.05. The third-order valence-electron chi connectivity index (χ3n) is 1.62. The van der Waals surface area contributed by atoms with E-state index >= 15 is 0 Å². The van der Waals surface area contributed by atoms with Gasteiger partial charge in [0, 0.05) is 33.9 Å². The molecule has 0 rings (SSSR count). The number of nitrogens with two attached hydrogens (primary N) is 1. The van der Waals surface area contributed by atoms with Crippen molar-refractivity contribution in [3.05, 3.63) is 6.29 Å². The van der Waals surface area contributed by atoms with Gasteiger partial charge < -0.3 is 19.9 Å². The van der Waals surface area contributed by atoms with Gasteiger partial charge in [0.15, 0.2) is 0 Å². The summed E-state index contributed by atoms with van der Waals surface area (Å²) in [4.78, 5) is 0. The van der Waals surface area contributed by atoms with Crippen LogP contribution in [0.2, 0.25) is 0 Å². The maximum atomic E-state index is 5.31. The Balaban J connectivity index is 3.05. The van der Waals surface area contributed by atoms with Gasteiger partial charge in [-0.1, -0.05) is 0 Å². The smallest absolute Gasteiger partial charge is 0.223 e. The molecule has 0 saturated heterocycles. The molecule has 4 heteroatoms. The minimum atomic E-state index is 0.655. The quantitative estimate of drug-likeness (QED) is 0.549. The van der Waals surface area contributed by atoms with Crippen LogP contribution in [0.15, 0.2) is 0 Å². The number of hydrogen-bond donors (Lipinski definition) is 1. The highest BCUT2D eigenvalue weighted by atomic mass is 16.7. The van der Waals surface area contributed by atoms with Crippen molar-refractivity contribution in [3.8, 4) is 0 Å². The van der Waals surface area contributed by atoms with E-state index < -0.39 is 0 Å². The van der Waals surface area contributed by atoms with Gasteiger partial charge >= 0.3 is 0 Å². The van der Waals surface area contributed by atoms with Crippen LogP contribution in [0.5, 0.6) is 0 Å². The van der Waals surface area contributed by atoms with E-state index in [4.69, 9.17) is 19.9 Å². The van der Waals surface area contributed by atoms with Crippen molar-refractivity contribution < 1.29 is 14.2 Å². The minimum Gasteiger partial charge on any atom is -0.381 e. The first-order valence-corrected chi connectivity index (χ1v) is 4.56. The van der Waals surface area contributed by atoms with Crippen molar-refractivity contribution in [2.75, 3.05) is 34.0 Å². The van der Waals surface area contributed by atoms with Crippen LogP contribution in [-0.2, 0) is 14.2 Å². The lowest BCUT2D eigenvalue weighted by Crippen LogP contribution is -2.07. The zero-order valence-electron chi connectivity index (χ0n) is 8.54. The summed E-state index contributed by atoms with van der Waals surface area (Å²) in [5.74, 6) is 0. The first-order valence-electron chi connectivity index (χ1n) is 4.56. The molecule has 0 fully saturated rings. The SMILES string of the molecule is CO[C](CCCOCCCN)OC. The Morgan fingerprint density at radius 2 is 1.69 bits per heavy atom. The molecule has 13 heavy (non-hydrogen) atoms. The van der Waals surface area contributed by atoms with Crippen LogP contribution in [-0.4, -0.2) is 34.0 Å². The normalized spacial score (nSPS) is 11.1. The van der Waals surface area contributed by atoms with Gasteiger partial charge in [-0.2, -0.15) is 0 Å². The van der Waals surface area contributed by atoms with Crippen LogP contribution >= 0.6 is 0 Å². The predicted molar refractivity (Wildman–Crippen MR) is 51.0 cm³/mol. The van der Waals surface area contributed by atoms with E-state index in [0.29, 0.717) is 12.8 Å². The molecule has 0 spiro atoms. The Bertz CT molecular complexity index is 96.9. The molecule has 0 unspecified atom stereocenters. The molecule has 0 aliphatic rings. The fourth-order valence-corrected chi connectivity index (χ4v) is 0.893. The van der Waals surface area contributed by atoms with Crippen molar-refractivity contribution >= 4 is 0 Å². The van der Waals surface area contributed by atoms with Gasteiger partial charge in [-0.05, 0) is 19.4 Å². The highest BCUT2D eigenvalue weighted by Crippen LogP contribution is 2.09. The Morgan fingerprint density at radius 3 is 2.23 bits per heavy atom. The number of hydrogen-bond acceptors (Lipinski definition) is 4. The topological polar surface area (TPSA) is 53.7 Å². The van der Waals surface area contributed by atoms with Crippen LogP contribution in [0.3, 0.4) is 0 Å². The molecular formula is C9H20NO3. The van der Waals surface area contributed by atoms with Crippen LogP contribution in [0, 0.1) is 6.29 Å². The van der Waals surface area contributed by atoms with Gasteiger partial charge in [-0.25, -0.2) is 0 Å². The predicted octanol–water partition coefficient (Wildman–Crippen LogP) is 0.914. The standard InChI is InChI=1S/C9H20NO3/c1-11-9(12-2)5-3-7-13-8-4-6-10/h3-8,10H2,1-2H3. The molecule has 0 heterocycles. The first kappa shape index (κ1) is 12.8. The van der Waals surface area contributed by atoms with E-state index in [-0.39, 0.29) is 0 Å². The minimum absolute atomic E-state index is 0.655. The van der Waals surface area contributed by atoms with Crippen molar-refractivity contribution in [3.63, 3.8) is 0 Å². The fourth-order valence-electron chi connectivity index (χ4n) is 0.893. The van der Waals surface area contributed by atoms with E-state index in [1.165, 1.54) is 0 Å². The first-order chi connectivity index (χ1) is 6.35. The molecule has 0 aromatic carbocycles. The van der Waals surface area contributed by atoms with Gasteiger partial charge in [-0.3, -0.25) is 0 Å². The van der Waals surface area contributed by atoms with Crippen molar-refractivity contribution in [2.45, 2.75) is 19.3 Å². The molecule has 0 bridgehead atoms. The molecule has 0 aliphatic carbocycles. The summed E-state index contributed by atoms with van der Waals surface area (Å²) in [5.41, 5.74) is 5.31. The van der Waals surface area contributed by atoms with Crippen molar-refractivity contribution in [2.24, 2.45) is 5.73 Å². The Labute approximate surface area is 80.3 Å². The molecule has 1 radical (unpaired) electrons. The second kappa shape index (κ2) is 9.92. The third-order valence-corrected chi connectivity index (χ3v) is 1.62. The van der Waals surface area contributed by atoms with Crippen LogP contribution in [0.25, 0.3) is 0 Å². The number of ether oxygens (including phenoxy) is 3. The van der Waals surface area contributed by atoms with Crippen LogP contribution in [0.1, 0.15) is 19.3 Å². The summed E-state index contributed by atoms with van der Waals surface area (Å²) in [6.45, 7) is 2.16. The second-order valence-electron chi connectivity index (χ2n) is 2.64. The zero-order valence-corrected chi connectivity index (χ0v) is 8.54. The maximum absolute atomic E-state index is 5.31. The van der Waals surface area contributed by atoms with Crippen molar-refractivity contribution in [1.29, 1.82) is 0 Å². The average Bonchev–Trinajstić information content (AvgIpc) is 2.17. The van der Waals surface area contributed by atoms with Gasteiger partial charge in [-0.15, -0.1) is 0 Å². The van der Waals surface area contributed by atoms with E-state index in [2.05, 4.69) is 0 Å². The molecule has 2 N–H and O–H groups in total. The molecule has 0 aliphatic heterocycles. The van der Waals surface area contributed by atoms with E-state index in [0.717, 1.165) is 32.5 Å². The Kier molecular flexibility index (Phi) is 9.80. The summed E-state index contributed by atoms with van der Waals surface area (Å²) in [6, 6.07) is 0. The maximum Gasteiger partial charge on any atom is 0.223 e.